The van der Waals surface area contributed by atoms with Crippen LogP contribution >= 0.6 is 11.3 Å². The molecule has 1 N–H and O–H groups in total. The molecule has 3 heteroatoms. The number of rotatable bonds is 5. The zero-order valence-corrected chi connectivity index (χ0v) is 11.8. The third-order valence-electron chi connectivity index (χ3n) is 3.74. The lowest BCUT2D eigenvalue weighted by Gasteiger charge is -2.32. The predicted octanol–water partition coefficient (Wildman–Crippen LogP) is 3.13. The van der Waals surface area contributed by atoms with Gasteiger partial charge in [-0.2, -0.15) is 0 Å². The number of piperidine rings is 1. The minimum atomic E-state index is 0.608. The van der Waals surface area contributed by atoms with Crippen LogP contribution in [0.3, 0.4) is 0 Å². The Hall–Kier alpha value is -0.380. The second-order valence-electron chi connectivity index (χ2n) is 5.09. The summed E-state index contributed by atoms with van der Waals surface area (Å²) >= 11 is 1.89. The van der Waals surface area contributed by atoms with E-state index in [4.69, 9.17) is 0 Å². The van der Waals surface area contributed by atoms with Crippen LogP contribution in [0.5, 0.6) is 0 Å². The number of nitrogens with one attached hydrogen (secondary N) is 1. The van der Waals surface area contributed by atoms with Crippen LogP contribution < -0.4 is 5.32 Å². The second kappa shape index (κ2) is 6.53. The molecule has 2 rings (SSSR count). The second-order valence-corrected chi connectivity index (χ2v) is 6.07. The van der Waals surface area contributed by atoms with Gasteiger partial charge in [0.05, 0.1) is 0 Å². The van der Waals surface area contributed by atoms with E-state index in [9.17, 15) is 0 Å². The normalized spacial score (nSPS) is 22.9. The Kier molecular flexibility index (Phi) is 5.01. The Labute approximate surface area is 109 Å². The fourth-order valence-electron chi connectivity index (χ4n) is 2.83. The molecule has 2 atom stereocenters. The highest BCUT2D eigenvalue weighted by Crippen LogP contribution is 2.28. The van der Waals surface area contributed by atoms with Crippen molar-refractivity contribution >= 4 is 11.3 Å². The van der Waals surface area contributed by atoms with Crippen LogP contribution in [-0.4, -0.2) is 31.6 Å². The molecule has 0 aliphatic carbocycles. The maximum Gasteiger partial charge on any atom is 0.0435 e. The van der Waals surface area contributed by atoms with Gasteiger partial charge in [-0.05, 0) is 56.8 Å². The first-order valence-corrected chi connectivity index (χ1v) is 7.63. The van der Waals surface area contributed by atoms with Crippen molar-refractivity contribution in [3.8, 4) is 0 Å². The Morgan fingerprint density at radius 3 is 3.06 bits per heavy atom. The standard InChI is InChI=1S/C14H24N2S/c1-3-13(14-7-5-9-17-14)16(2)11-12-6-4-8-15-10-12/h5,7,9,12-13,15H,3-4,6,8,10-11H2,1-2H3. The smallest absolute Gasteiger partial charge is 0.0435 e. The molecule has 1 aromatic heterocycles. The molecule has 0 spiro atoms. The maximum atomic E-state index is 3.51. The summed E-state index contributed by atoms with van der Waals surface area (Å²) in [5, 5.41) is 5.70. The Balaban J connectivity index is 1.90. The van der Waals surface area contributed by atoms with Gasteiger partial charge in [0.1, 0.15) is 0 Å². The molecule has 0 radical (unpaired) electrons. The molecular weight excluding hydrogens is 228 g/mol. The van der Waals surface area contributed by atoms with E-state index in [1.807, 2.05) is 11.3 Å². The van der Waals surface area contributed by atoms with Gasteiger partial charge in [0, 0.05) is 17.5 Å². The van der Waals surface area contributed by atoms with Gasteiger partial charge in [-0.15, -0.1) is 11.3 Å². The van der Waals surface area contributed by atoms with Crippen LogP contribution in [0.1, 0.15) is 37.1 Å². The van der Waals surface area contributed by atoms with E-state index in [1.54, 1.807) is 0 Å². The summed E-state index contributed by atoms with van der Waals surface area (Å²) in [5.41, 5.74) is 0. The minimum absolute atomic E-state index is 0.608. The molecule has 1 aliphatic heterocycles. The summed E-state index contributed by atoms with van der Waals surface area (Å²) in [6.07, 6.45) is 3.93. The highest BCUT2D eigenvalue weighted by Gasteiger charge is 2.20. The van der Waals surface area contributed by atoms with Gasteiger partial charge in [0.25, 0.3) is 0 Å². The highest BCUT2D eigenvalue weighted by atomic mass is 32.1. The average Bonchev–Trinajstić information content (AvgIpc) is 2.85. The van der Waals surface area contributed by atoms with Gasteiger partial charge in [0.2, 0.25) is 0 Å². The fraction of sp³-hybridized carbons (Fsp3) is 0.714. The zero-order valence-electron chi connectivity index (χ0n) is 11.0. The molecule has 1 fully saturated rings. The van der Waals surface area contributed by atoms with Crippen molar-refractivity contribution in [2.45, 2.75) is 32.2 Å². The van der Waals surface area contributed by atoms with Gasteiger partial charge in [-0.1, -0.05) is 13.0 Å². The van der Waals surface area contributed by atoms with Gasteiger partial charge >= 0.3 is 0 Å². The first-order valence-electron chi connectivity index (χ1n) is 6.75. The predicted molar refractivity (Wildman–Crippen MR) is 75.6 cm³/mol. The topological polar surface area (TPSA) is 15.3 Å². The van der Waals surface area contributed by atoms with Crippen molar-refractivity contribution in [1.29, 1.82) is 0 Å². The zero-order chi connectivity index (χ0) is 12.1. The van der Waals surface area contributed by atoms with E-state index >= 15 is 0 Å². The highest BCUT2D eigenvalue weighted by molar-refractivity contribution is 7.10. The SMILES string of the molecule is CCC(c1cccs1)N(C)CC1CCCNC1. The summed E-state index contributed by atoms with van der Waals surface area (Å²) in [6, 6.07) is 5.05. The number of hydrogen-bond acceptors (Lipinski definition) is 3. The van der Waals surface area contributed by atoms with Crippen molar-refractivity contribution in [2.24, 2.45) is 5.92 Å². The Morgan fingerprint density at radius 1 is 1.59 bits per heavy atom. The third-order valence-corrected chi connectivity index (χ3v) is 4.71. The summed E-state index contributed by atoms with van der Waals surface area (Å²) in [4.78, 5) is 4.06. The van der Waals surface area contributed by atoms with Crippen LogP contribution in [0.2, 0.25) is 0 Å². The van der Waals surface area contributed by atoms with Crippen molar-refractivity contribution < 1.29 is 0 Å². The molecule has 2 heterocycles. The average molecular weight is 252 g/mol. The largest absolute Gasteiger partial charge is 0.316 e. The van der Waals surface area contributed by atoms with Crippen LogP contribution in [0, 0.1) is 5.92 Å². The van der Waals surface area contributed by atoms with Crippen LogP contribution in [0.4, 0.5) is 0 Å². The summed E-state index contributed by atoms with van der Waals surface area (Å²) in [6.45, 7) is 5.93. The van der Waals surface area contributed by atoms with Crippen molar-refractivity contribution in [3.05, 3.63) is 22.4 Å². The van der Waals surface area contributed by atoms with Crippen molar-refractivity contribution in [1.82, 2.24) is 10.2 Å². The molecule has 0 bridgehead atoms. The molecule has 1 aliphatic rings. The first-order chi connectivity index (χ1) is 8.31. The molecule has 2 unspecified atom stereocenters. The number of thiophene rings is 1. The summed E-state index contributed by atoms with van der Waals surface area (Å²) < 4.78 is 0. The van der Waals surface area contributed by atoms with E-state index in [-0.39, 0.29) is 0 Å². The molecule has 0 saturated carbocycles. The van der Waals surface area contributed by atoms with Crippen molar-refractivity contribution in [3.63, 3.8) is 0 Å². The Morgan fingerprint density at radius 2 is 2.47 bits per heavy atom. The molecule has 96 valence electrons. The van der Waals surface area contributed by atoms with Crippen LogP contribution in [0.25, 0.3) is 0 Å². The molecular formula is C14H24N2S. The van der Waals surface area contributed by atoms with E-state index in [2.05, 4.69) is 41.7 Å². The lowest BCUT2D eigenvalue weighted by atomic mass is 9.98. The molecule has 1 saturated heterocycles. The van der Waals surface area contributed by atoms with Crippen LogP contribution in [-0.2, 0) is 0 Å². The quantitative estimate of drug-likeness (QED) is 0.866. The molecule has 2 nitrogen and oxygen atoms in total. The van der Waals surface area contributed by atoms with E-state index < -0.39 is 0 Å². The summed E-state index contributed by atoms with van der Waals surface area (Å²) in [5.74, 6) is 0.836. The Bertz CT molecular complexity index is 304. The maximum absolute atomic E-state index is 3.51. The third kappa shape index (κ3) is 3.54. The van der Waals surface area contributed by atoms with Crippen molar-refractivity contribution in [2.75, 3.05) is 26.7 Å². The molecule has 1 aromatic rings. The van der Waals surface area contributed by atoms with E-state index in [0.29, 0.717) is 6.04 Å². The molecule has 0 aromatic carbocycles. The minimum Gasteiger partial charge on any atom is -0.316 e. The monoisotopic (exact) mass is 252 g/mol. The van der Waals surface area contributed by atoms with Gasteiger partial charge in [-0.3, -0.25) is 4.90 Å². The lowest BCUT2D eigenvalue weighted by molar-refractivity contribution is 0.187. The summed E-state index contributed by atoms with van der Waals surface area (Å²) in [7, 11) is 2.28. The lowest BCUT2D eigenvalue weighted by Crippen LogP contribution is -2.38. The van der Waals surface area contributed by atoms with E-state index in [1.165, 1.54) is 43.8 Å². The van der Waals surface area contributed by atoms with Gasteiger partial charge in [-0.25, -0.2) is 0 Å². The van der Waals surface area contributed by atoms with E-state index in [0.717, 1.165) is 5.92 Å². The first kappa shape index (κ1) is 13.1. The number of hydrogen-bond donors (Lipinski definition) is 1. The van der Waals surface area contributed by atoms with Crippen LogP contribution in [0.15, 0.2) is 17.5 Å². The van der Waals surface area contributed by atoms with Gasteiger partial charge in [0.15, 0.2) is 0 Å². The van der Waals surface area contributed by atoms with Gasteiger partial charge < -0.3 is 5.32 Å². The number of nitrogens with zero attached hydrogens (tertiary/aromatic N) is 1. The fourth-order valence-corrected chi connectivity index (χ4v) is 3.80. The molecule has 0 amide bonds. The molecule has 17 heavy (non-hydrogen) atoms.